The van der Waals surface area contributed by atoms with Crippen LogP contribution in [0.15, 0.2) is 66.2 Å². The summed E-state index contributed by atoms with van der Waals surface area (Å²) in [6, 6.07) is 16.5. The van der Waals surface area contributed by atoms with Crippen molar-refractivity contribution >= 4 is 45.3 Å². The van der Waals surface area contributed by atoms with Gasteiger partial charge in [-0.15, -0.1) is 11.3 Å². The molecule has 12 nitrogen and oxygen atoms in total. The molecule has 1 saturated heterocycles. The highest BCUT2D eigenvalue weighted by molar-refractivity contribution is 7.13. The number of carbonyl (C=O) groups is 2. The Labute approximate surface area is 283 Å². The third kappa shape index (κ3) is 7.85. The molecule has 2 aromatic carbocycles. The highest BCUT2D eigenvalue weighted by Crippen LogP contribution is 2.35. The summed E-state index contributed by atoms with van der Waals surface area (Å²) in [7, 11) is 1.64. The van der Waals surface area contributed by atoms with Crippen LogP contribution >= 0.6 is 11.3 Å². The van der Waals surface area contributed by atoms with Crippen molar-refractivity contribution in [3.05, 3.63) is 83.0 Å². The maximum absolute atomic E-state index is 12.9. The van der Waals surface area contributed by atoms with Gasteiger partial charge in [0.25, 0.3) is 5.91 Å². The minimum atomic E-state index is -0.575. The molecule has 6 rings (SSSR count). The number of ether oxygens (including phenoxy) is 3. The molecular formula is C35H39N7O5S. The fourth-order valence-corrected chi connectivity index (χ4v) is 6.12. The van der Waals surface area contributed by atoms with Gasteiger partial charge in [0.2, 0.25) is 0 Å². The Morgan fingerprint density at radius 3 is 2.48 bits per heavy atom. The molecular weight excluding hydrogens is 630 g/mol. The van der Waals surface area contributed by atoms with E-state index in [4.69, 9.17) is 24.3 Å². The van der Waals surface area contributed by atoms with Crippen molar-refractivity contribution in [3.63, 3.8) is 0 Å². The first-order valence-electron chi connectivity index (χ1n) is 15.8. The molecule has 0 aliphatic carbocycles. The molecule has 4 heterocycles. The number of pyridine rings is 1. The van der Waals surface area contributed by atoms with Gasteiger partial charge in [-0.2, -0.15) is 5.10 Å². The third-order valence-corrected chi connectivity index (χ3v) is 8.56. The van der Waals surface area contributed by atoms with E-state index >= 15 is 0 Å². The molecule has 3 aromatic heterocycles. The number of hydrogen-bond acceptors (Lipinski definition) is 10. The predicted molar refractivity (Wildman–Crippen MR) is 185 cm³/mol. The van der Waals surface area contributed by atoms with Crippen molar-refractivity contribution in [1.29, 1.82) is 0 Å². The molecule has 0 saturated carbocycles. The van der Waals surface area contributed by atoms with Crippen molar-refractivity contribution < 1.29 is 23.8 Å². The maximum atomic E-state index is 12.9. The summed E-state index contributed by atoms with van der Waals surface area (Å²) in [5, 5.41) is 14.5. The van der Waals surface area contributed by atoms with Gasteiger partial charge < -0.3 is 24.4 Å². The van der Waals surface area contributed by atoms with Gasteiger partial charge in [0, 0.05) is 42.3 Å². The Morgan fingerprint density at radius 1 is 1.04 bits per heavy atom. The average Bonchev–Trinajstić information content (AvgIpc) is 3.63. The number of hydrogen-bond donors (Lipinski definition) is 2. The third-order valence-electron chi connectivity index (χ3n) is 7.68. The van der Waals surface area contributed by atoms with Crippen molar-refractivity contribution in [3.8, 4) is 17.2 Å². The number of aryl methyl sites for hydroxylation is 1. The highest BCUT2D eigenvalue weighted by atomic mass is 32.1. The molecule has 1 aliphatic rings. The van der Waals surface area contributed by atoms with Crippen LogP contribution in [0.3, 0.4) is 0 Å². The number of amides is 2. The fraction of sp³-hybridized carbons (Fsp3) is 0.343. The van der Waals surface area contributed by atoms with E-state index in [0.717, 1.165) is 29.8 Å². The standard InChI is InChI=1S/C35H39N7O5S/c1-22-21-48-33(37-22)39-32(43)24-10-14-27(15-11-24)46-28-16-17-36-31-29(28)30(40-42(31)19-23-8-12-26(45-5)13-9-23)38-25-7-6-18-41(20-25)34(44)47-35(2,3)4/h8-17,21,25H,6-7,18-20H2,1-5H3,(H,38,40)(H,37,39,43)/t25-/m1/s1. The molecule has 1 fully saturated rings. The van der Waals surface area contributed by atoms with Gasteiger partial charge >= 0.3 is 6.09 Å². The zero-order chi connectivity index (χ0) is 33.8. The van der Waals surface area contributed by atoms with Crippen LogP contribution in [0.5, 0.6) is 17.2 Å². The Bertz CT molecular complexity index is 1900. The minimum Gasteiger partial charge on any atom is -0.497 e. The number of rotatable bonds is 9. The lowest BCUT2D eigenvalue weighted by Crippen LogP contribution is -2.47. The van der Waals surface area contributed by atoms with Crippen molar-refractivity contribution in [2.45, 2.75) is 58.7 Å². The molecule has 2 amide bonds. The second-order valence-corrected chi connectivity index (χ2v) is 13.5. The van der Waals surface area contributed by atoms with E-state index in [9.17, 15) is 9.59 Å². The van der Waals surface area contributed by atoms with Crippen LogP contribution < -0.4 is 20.1 Å². The van der Waals surface area contributed by atoms with E-state index in [1.807, 2.05) is 62.0 Å². The largest absolute Gasteiger partial charge is 0.497 e. The zero-order valence-electron chi connectivity index (χ0n) is 27.6. The molecule has 0 spiro atoms. The molecule has 0 bridgehead atoms. The van der Waals surface area contributed by atoms with Gasteiger partial charge in [0.15, 0.2) is 16.6 Å². The van der Waals surface area contributed by atoms with Crippen LogP contribution in [0.1, 0.15) is 55.2 Å². The normalized spacial score (nSPS) is 14.9. The SMILES string of the molecule is COc1ccc(Cn2nc(N[C@@H]3CCCN(C(=O)OC(C)(C)C)C3)c3c(Oc4ccc(C(=O)Nc5nc(C)cs5)cc4)ccnc32)cc1. The first kappa shape index (κ1) is 32.8. The van der Waals surface area contributed by atoms with Crippen LogP contribution in [0, 0.1) is 6.92 Å². The molecule has 0 unspecified atom stereocenters. The van der Waals surface area contributed by atoms with Gasteiger partial charge in [0.1, 0.15) is 28.2 Å². The Morgan fingerprint density at radius 2 is 1.79 bits per heavy atom. The summed E-state index contributed by atoms with van der Waals surface area (Å²) in [4.78, 5) is 36.4. The molecule has 48 heavy (non-hydrogen) atoms. The van der Waals surface area contributed by atoms with Crippen molar-refractivity contribution in [2.24, 2.45) is 0 Å². The number of benzene rings is 2. The molecule has 5 aromatic rings. The van der Waals surface area contributed by atoms with Gasteiger partial charge in [-0.3, -0.25) is 10.1 Å². The van der Waals surface area contributed by atoms with Gasteiger partial charge in [-0.25, -0.2) is 19.4 Å². The monoisotopic (exact) mass is 669 g/mol. The summed E-state index contributed by atoms with van der Waals surface area (Å²) in [6.07, 6.45) is 3.04. The fourth-order valence-electron chi connectivity index (χ4n) is 5.43. The van der Waals surface area contributed by atoms with Crippen LogP contribution in [-0.2, 0) is 11.3 Å². The van der Waals surface area contributed by atoms with Crippen LogP contribution in [0.4, 0.5) is 15.7 Å². The van der Waals surface area contributed by atoms with Crippen molar-refractivity contribution in [2.75, 3.05) is 30.8 Å². The first-order valence-corrected chi connectivity index (χ1v) is 16.7. The molecule has 13 heteroatoms. The van der Waals surface area contributed by atoms with Crippen LogP contribution in [0.25, 0.3) is 11.0 Å². The van der Waals surface area contributed by atoms with E-state index in [0.29, 0.717) is 58.7 Å². The number of aromatic nitrogens is 4. The number of anilines is 2. The molecule has 1 aliphatic heterocycles. The number of nitrogens with one attached hydrogen (secondary N) is 2. The summed E-state index contributed by atoms with van der Waals surface area (Å²) >= 11 is 1.38. The summed E-state index contributed by atoms with van der Waals surface area (Å²) in [5.41, 5.74) is 2.42. The lowest BCUT2D eigenvalue weighted by Gasteiger charge is -2.34. The number of fused-ring (bicyclic) bond motifs is 1. The van der Waals surface area contributed by atoms with Gasteiger partial charge in [-0.1, -0.05) is 12.1 Å². The number of piperidine rings is 1. The summed E-state index contributed by atoms with van der Waals surface area (Å²) in [5.74, 6) is 2.23. The smallest absolute Gasteiger partial charge is 0.410 e. The Balaban J connectivity index is 1.27. The number of nitrogens with zero attached hydrogens (tertiary/aromatic N) is 5. The molecule has 250 valence electrons. The number of methoxy groups -OCH3 is 1. The lowest BCUT2D eigenvalue weighted by atomic mass is 10.1. The van der Waals surface area contributed by atoms with E-state index in [1.165, 1.54) is 11.3 Å². The first-order chi connectivity index (χ1) is 23.0. The number of likely N-dealkylation sites (tertiary alicyclic amines) is 1. The van der Waals surface area contributed by atoms with E-state index in [1.54, 1.807) is 48.5 Å². The lowest BCUT2D eigenvalue weighted by molar-refractivity contribution is 0.0206. The summed E-state index contributed by atoms with van der Waals surface area (Å²) < 4.78 is 19.2. The number of thiazole rings is 1. The maximum Gasteiger partial charge on any atom is 0.410 e. The Kier molecular flexibility index (Phi) is 9.49. The minimum absolute atomic E-state index is 0.0636. The number of carbonyl (C=O) groups excluding carboxylic acids is 2. The van der Waals surface area contributed by atoms with Crippen molar-refractivity contribution in [1.82, 2.24) is 24.6 Å². The highest BCUT2D eigenvalue weighted by Gasteiger charge is 2.29. The zero-order valence-corrected chi connectivity index (χ0v) is 28.5. The molecule has 2 N–H and O–H groups in total. The van der Waals surface area contributed by atoms with Gasteiger partial charge in [0.05, 0.1) is 19.3 Å². The molecule has 0 radical (unpaired) electrons. The second kappa shape index (κ2) is 13.9. The van der Waals surface area contributed by atoms with Gasteiger partial charge in [-0.05, 0) is 82.5 Å². The summed E-state index contributed by atoms with van der Waals surface area (Å²) in [6.45, 7) is 9.06. The molecule has 1 atom stereocenters. The average molecular weight is 670 g/mol. The predicted octanol–water partition coefficient (Wildman–Crippen LogP) is 7.11. The Hall–Kier alpha value is -5.17. The topological polar surface area (TPSA) is 133 Å². The van der Waals surface area contributed by atoms with Crippen LogP contribution in [0.2, 0.25) is 0 Å². The van der Waals surface area contributed by atoms with E-state index in [-0.39, 0.29) is 18.0 Å². The van der Waals surface area contributed by atoms with Crippen LogP contribution in [-0.4, -0.2) is 68.5 Å². The van der Waals surface area contributed by atoms with E-state index < -0.39 is 5.60 Å². The quantitative estimate of drug-likeness (QED) is 0.169. The van der Waals surface area contributed by atoms with E-state index in [2.05, 4.69) is 15.6 Å². The second-order valence-electron chi connectivity index (χ2n) is 12.6.